The molecular formula is C17H19NO2S. The van der Waals surface area contributed by atoms with Gasteiger partial charge in [0.2, 0.25) is 0 Å². The average molecular weight is 301 g/mol. The molecule has 0 saturated heterocycles. The summed E-state index contributed by atoms with van der Waals surface area (Å²) in [6, 6.07) is 19.9. The number of sulfone groups is 1. The summed E-state index contributed by atoms with van der Waals surface area (Å²) in [5, 5.41) is 0. The van der Waals surface area contributed by atoms with E-state index in [0.29, 0.717) is 13.0 Å². The second kappa shape index (κ2) is 7.18. The molecule has 0 fully saturated rings. The van der Waals surface area contributed by atoms with Crippen molar-refractivity contribution in [2.24, 2.45) is 4.99 Å². The lowest BCUT2D eigenvalue weighted by molar-refractivity contribution is 0.599. The van der Waals surface area contributed by atoms with E-state index in [-0.39, 0.29) is 5.75 Å². The van der Waals surface area contributed by atoms with Gasteiger partial charge in [-0.2, -0.15) is 0 Å². The van der Waals surface area contributed by atoms with E-state index in [9.17, 15) is 8.42 Å². The highest BCUT2D eigenvalue weighted by atomic mass is 32.2. The first-order chi connectivity index (χ1) is 10.1. The van der Waals surface area contributed by atoms with Gasteiger partial charge >= 0.3 is 0 Å². The molecule has 0 bridgehead atoms. The molecule has 0 aromatic heterocycles. The molecule has 0 unspecified atom stereocenters. The number of aliphatic imine (C=N–C) groups is 1. The second-order valence-corrected chi connectivity index (χ2v) is 7.21. The zero-order valence-corrected chi connectivity index (χ0v) is 12.9. The monoisotopic (exact) mass is 301 g/mol. The Bertz CT molecular complexity index is 651. The first-order valence-electron chi connectivity index (χ1n) is 6.89. The number of benzene rings is 2. The Morgan fingerprint density at radius 3 is 1.81 bits per heavy atom. The lowest BCUT2D eigenvalue weighted by atomic mass is 10.0. The minimum atomic E-state index is -2.92. The van der Waals surface area contributed by atoms with E-state index in [1.165, 1.54) is 6.26 Å². The molecule has 2 aromatic rings. The van der Waals surface area contributed by atoms with Crippen molar-refractivity contribution in [2.45, 2.75) is 6.42 Å². The van der Waals surface area contributed by atoms with Gasteiger partial charge in [0.15, 0.2) is 0 Å². The Labute approximate surface area is 126 Å². The average Bonchev–Trinajstić information content (AvgIpc) is 2.48. The van der Waals surface area contributed by atoms with Crippen molar-refractivity contribution >= 4 is 15.5 Å². The van der Waals surface area contributed by atoms with Gasteiger partial charge in [-0.15, -0.1) is 0 Å². The van der Waals surface area contributed by atoms with Gasteiger partial charge in [-0.05, 0) is 6.42 Å². The maximum atomic E-state index is 11.2. The maximum absolute atomic E-state index is 11.2. The highest BCUT2D eigenvalue weighted by Gasteiger charge is 2.06. The van der Waals surface area contributed by atoms with Gasteiger partial charge in [0.05, 0.1) is 11.5 Å². The molecule has 0 N–H and O–H groups in total. The van der Waals surface area contributed by atoms with Crippen molar-refractivity contribution in [3.05, 3.63) is 71.8 Å². The molecule has 0 spiro atoms. The minimum absolute atomic E-state index is 0.174. The quantitative estimate of drug-likeness (QED) is 0.608. The van der Waals surface area contributed by atoms with Crippen molar-refractivity contribution in [1.82, 2.24) is 0 Å². The van der Waals surface area contributed by atoms with Crippen LogP contribution in [-0.2, 0) is 9.84 Å². The Hall–Kier alpha value is -1.94. The third-order valence-electron chi connectivity index (χ3n) is 3.04. The van der Waals surface area contributed by atoms with E-state index in [2.05, 4.69) is 4.99 Å². The van der Waals surface area contributed by atoms with Crippen LogP contribution in [0.5, 0.6) is 0 Å². The van der Waals surface area contributed by atoms with Crippen LogP contribution in [0.2, 0.25) is 0 Å². The molecule has 21 heavy (non-hydrogen) atoms. The fourth-order valence-electron chi connectivity index (χ4n) is 2.06. The minimum Gasteiger partial charge on any atom is -0.284 e. The van der Waals surface area contributed by atoms with Crippen LogP contribution in [0.1, 0.15) is 17.5 Å². The van der Waals surface area contributed by atoms with E-state index < -0.39 is 9.84 Å². The van der Waals surface area contributed by atoms with Crippen LogP contribution in [0.25, 0.3) is 0 Å². The van der Waals surface area contributed by atoms with Crippen molar-refractivity contribution in [1.29, 1.82) is 0 Å². The summed E-state index contributed by atoms with van der Waals surface area (Å²) in [5.41, 5.74) is 3.00. The molecule has 0 aliphatic carbocycles. The number of nitrogens with zero attached hydrogens (tertiary/aromatic N) is 1. The third kappa shape index (κ3) is 5.16. The first kappa shape index (κ1) is 15.4. The number of hydrogen-bond acceptors (Lipinski definition) is 3. The smallest absolute Gasteiger partial charge is 0.147 e. The van der Waals surface area contributed by atoms with Crippen molar-refractivity contribution in [3.63, 3.8) is 0 Å². The number of hydrogen-bond donors (Lipinski definition) is 0. The van der Waals surface area contributed by atoms with E-state index in [4.69, 9.17) is 0 Å². The first-order valence-corrected chi connectivity index (χ1v) is 8.95. The van der Waals surface area contributed by atoms with Crippen LogP contribution < -0.4 is 0 Å². The van der Waals surface area contributed by atoms with E-state index in [1.54, 1.807) is 0 Å². The van der Waals surface area contributed by atoms with E-state index >= 15 is 0 Å². The fraction of sp³-hybridized carbons (Fsp3) is 0.235. The van der Waals surface area contributed by atoms with Gasteiger partial charge in [0.25, 0.3) is 0 Å². The molecule has 0 heterocycles. The van der Waals surface area contributed by atoms with Gasteiger partial charge in [-0.3, -0.25) is 4.99 Å². The molecule has 4 heteroatoms. The zero-order chi connectivity index (χ0) is 15.1. The fourth-order valence-corrected chi connectivity index (χ4v) is 2.71. The van der Waals surface area contributed by atoms with Crippen molar-refractivity contribution < 1.29 is 8.42 Å². The summed E-state index contributed by atoms with van der Waals surface area (Å²) in [7, 11) is -2.92. The predicted molar refractivity (Wildman–Crippen MR) is 87.7 cm³/mol. The summed E-state index contributed by atoms with van der Waals surface area (Å²) in [6.45, 7) is 0.506. The Kier molecular flexibility index (Phi) is 5.28. The topological polar surface area (TPSA) is 46.5 Å². The molecule has 110 valence electrons. The predicted octanol–water partition coefficient (Wildman–Crippen LogP) is 2.96. The zero-order valence-electron chi connectivity index (χ0n) is 12.1. The molecule has 0 aliphatic heterocycles. The van der Waals surface area contributed by atoms with Crippen molar-refractivity contribution in [3.8, 4) is 0 Å². The SMILES string of the molecule is CS(=O)(=O)CCCN=C(c1ccccc1)c1ccccc1. The molecule has 0 atom stereocenters. The molecule has 0 radical (unpaired) electrons. The van der Waals surface area contributed by atoms with Crippen LogP contribution in [0.3, 0.4) is 0 Å². The summed E-state index contributed by atoms with van der Waals surface area (Å²) in [5.74, 6) is 0.174. The third-order valence-corrected chi connectivity index (χ3v) is 4.07. The molecule has 0 aliphatic rings. The lowest BCUT2D eigenvalue weighted by Gasteiger charge is -2.07. The van der Waals surface area contributed by atoms with Crippen LogP contribution in [-0.4, -0.2) is 32.7 Å². The maximum Gasteiger partial charge on any atom is 0.147 e. The van der Waals surface area contributed by atoms with Crippen LogP contribution in [0.4, 0.5) is 0 Å². The summed E-state index contributed by atoms with van der Waals surface area (Å²) >= 11 is 0. The van der Waals surface area contributed by atoms with E-state index in [1.807, 2.05) is 60.7 Å². The normalized spacial score (nSPS) is 11.1. The lowest BCUT2D eigenvalue weighted by Crippen LogP contribution is -2.07. The van der Waals surface area contributed by atoms with Gasteiger partial charge in [-0.1, -0.05) is 60.7 Å². The Morgan fingerprint density at radius 1 is 0.905 bits per heavy atom. The van der Waals surface area contributed by atoms with Crippen LogP contribution in [0.15, 0.2) is 65.7 Å². The van der Waals surface area contributed by atoms with Crippen LogP contribution in [0, 0.1) is 0 Å². The van der Waals surface area contributed by atoms with Gasteiger partial charge in [-0.25, -0.2) is 8.42 Å². The number of rotatable bonds is 6. The molecule has 0 amide bonds. The molecule has 0 saturated carbocycles. The molecular weight excluding hydrogens is 282 g/mol. The van der Waals surface area contributed by atoms with Gasteiger partial charge in [0, 0.05) is 23.9 Å². The summed E-state index contributed by atoms with van der Waals surface area (Å²) < 4.78 is 22.3. The highest BCUT2D eigenvalue weighted by molar-refractivity contribution is 7.90. The van der Waals surface area contributed by atoms with Gasteiger partial charge < -0.3 is 0 Å². The summed E-state index contributed by atoms with van der Waals surface area (Å²) in [6.07, 6.45) is 1.80. The molecule has 3 nitrogen and oxygen atoms in total. The summed E-state index contributed by atoms with van der Waals surface area (Å²) in [4.78, 5) is 4.62. The van der Waals surface area contributed by atoms with Gasteiger partial charge in [0.1, 0.15) is 9.84 Å². The standard InChI is InChI=1S/C17H19NO2S/c1-21(19,20)14-8-13-18-17(15-9-4-2-5-10-15)16-11-6-3-7-12-16/h2-7,9-12H,8,13-14H2,1H3. The second-order valence-electron chi connectivity index (χ2n) is 4.95. The Balaban J connectivity index is 2.21. The van der Waals surface area contributed by atoms with E-state index in [0.717, 1.165) is 16.8 Å². The Morgan fingerprint density at radius 2 is 1.38 bits per heavy atom. The van der Waals surface area contributed by atoms with Crippen molar-refractivity contribution in [2.75, 3.05) is 18.6 Å². The largest absolute Gasteiger partial charge is 0.284 e. The molecule has 2 rings (SSSR count). The molecule has 2 aromatic carbocycles. The van der Waals surface area contributed by atoms with Crippen LogP contribution >= 0.6 is 0 Å². The highest BCUT2D eigenvalue weighted by Crippen LogP contribution is 2.11.